The van der Waals surface area contributed by atoms with E-state index in [1.54, 1.807) is 0 Å². The minimum Gasteiger partial charge on any atom is -0.382 e. The molecule has 2 N–H and O–H groups in total. The number of hydrogen-bond acceptors (Lipinski definition) is 4. The Morgan fingerprint density at radius 3 is 3.11 bits per heavy atom. The Bertz CT molecular complexity index is 390. The van der Waals surface area contributed by atoms with Gasteiger partial charge in [-0.3, -0.25) is 0 Å². The second-order valence-electron chi connectivity index (χ2n) is 4.92. The van der Waals surface area contributed by atoms with Crippen LogP contribution in [0.1, 0.15) is 6.42 Å². The highest BCUT2D eigenvalue weighted by Gasteiger charge is 2.18. The number of nitrogens with one attached hydrogen (secondary N) is 2. The van der Waals surface area contributed by atoms with E-state index in [1.807, 2.05) is 0 Å². The van der Waals surface area contributed by atoms with E-state index in [-0.39, 0.29) is 0 Å². The molecule has 0 bridgehead atoms. The van der Waals surface area contributed by atoms with Crippen LogP contribution in [0.4, 0.5) is 11.4 Å². The molecule has 2 aliphatic heterocycles. The van der Waals surface area contributed by atoms with Crippen molar-refractivity contribution in [1.29, 1.82) is 0 Å². The third kappa shape index (κ3) is 2.60. The van der Waals surface area contributed by atoms with E-state index in [1.165, 1.54) is 11.4 Å². The second-order valence-corrected chi connectivity index (χ2v) is 4.92. The van der Waals surface area contributed by atoms with E-state index >= 15 is 0 Å². The summed E-state index contributed by atoms with van der Waals surface area (Å²) < 4.78 is 5.75. The second kappa shape index (κ2) is 5.59. The molecule has 1 aromatic carbocycles. The Kier molecular flexibility index (Phi) is 3.67. The van der Waals surface area contributed by atoms with Crippen molar-refractivity contribution in [3.05, 3.63) is 24.3 Å². The van der Waals surface area contributed by atoms with Gasteiger partial charge in [0.2, 0.25) is 0 Å². The van der Waals surface area contributed by atoms with Gasteiger partial charge in [0.1, 0.15) is 0 Å². The maximum atomic E-state index is 5.75. The van der Waals surface area contributed by atoms with Crippen molar-refractivity contribution in [2.45, 2.75) is 12.5 Å². The average molecular weight is 247 g/mol. The van der Waals surface area contributed by atoms with E-state index in [9.17, 15) is 0 Å². The van der Waals surface area contributed by atoms with E-state index in [4.69, 9.17) is 4.74 Å². The third-order valence-electron chi connectivity index (χ3n) is 3.67. The molecule has 2 heterocycles. The lowest BCUT2D eigenvalue weighted by Gasteiger charge is -2.33. The lowest BCUT2D eigenvalue weighted by molar-refractivity contribution is 0.0249. The summed E-state index contributed by atoms with van der Waals surface area (Å²) in [6, 6.07) is 8.54. The minimum atomic E-state index is 0.376. The largest absolute Gasteiger partial charge is 0.382 e. The molecular weight excluding hydrogens is 226 g/mol. The van der Waals surface area contributed by atoms with Crippen molar-refractivity contribution in [1.82, 2.24) is 5.32 Å². The molecule has 18 heavy (non-hydrogen) atoms. The monoisotopic (exact) mass is 247 g/mol. The normalized spacial score (nSPS) is 23.3. The summed E-state index contributed by atoms with van der Waals surface area (Å²) in [7, 11) is 0. The lowest BCUT2D eigenvalue weighted by atomic mass is 10.1. The summed E-state index contributed by atoms with van der Waals surface area (Å²) in [5.41, 5.74) is 2.58. The van der Waals surface area contributed by atoms with Crippen LogP contribution in [-0.2, 0) is 4.74 Å². The van der Waals surface area contributed by atoms with Crippen LogP contribution in [-0.4, -0.2) is 45.4 Å². The standard InChI is InChI=1S/C14H21N3O/c1-2-4-14-13(3-1)16-6-9-17(14)8-5-12-11-15-7-10-18-12/h1-4,12,15-16H,5-11H2. The van der Waals surface area contributed by atoms with Gasteiger partial charge in [0.15, 0.2) is 0 Å². The summed E-state index contributed by atoms with van der Waals surface area (Å²) in [5, 5.41) is 6.83. The van der Waals surface area contributed by atoms with Gasteiger partial charge >= 0.3 is 0 Å². The molecule has 0 spiro atoms. The zero-order chi connectivity index (χ0) is 12.2. The minimum absolute atomic E-state index is 0.376. The molecule has 0 aromatic heterocycles. The molecular formula is C14H21N3O. The Morgan fingerprint density at radius 1 is 1.28 bits per heavy atom. The topological polar surface area (TPSA) is 36.5 Å². The molecule has 1 unspecified atom stereocenters. The van der Waals surface area contributed by atoms with Crippen molar-refractivity contribution in [3.63, 3.8) is 0 Å². The molecule has 3 rings (SSSR count). The van der Waals surface area contributed by atoms with E-state index in [2.05, 4.69) is 39.8 Å². The molecule has 1 saturated heterocycles. The van der Waals surface area contributed by atoms with Gasteiger partial charge in [0.25, 0.3) is 0 Å². The number of benzene rings is 1. The van der Waals surface area contributed by atoms with Crippen LogP contribution in [0.25, 0.3) is 0 Å². The highest BCUT2D eigenvalue weighted by atomic mass is 16.5. The van der Waals surface area contributed by atoms with Crippen molar-refractivity contribution in [2.24, 2.45) is 0 Å². The van der Waals surface area contributed by atoms with Crippen LogP contribution in [0.15, 0.2) is 24.3 Å². The van der Waals surface area contributed by atoms with E-state index < -0.39 is 0 Å². The van der Waals surface area contributed by atoms with Gasteiger partial charge in [-0.2, -0.15) is 0 Å². The molecule has 1 fully saturated rings. The number of anilines is 2. The van der Waals surface area contributed by atoms with Gasteiger partial charge in [-0.1, -0.05) is 12.1 Å². The summed E-state index contributed by atoms with van der Waals surface area (Å²) in [6.45, 7) is 6.02. The third-order valence-corrected chi connectivity index (χ3v) is 3.67. The molecule has 4 heteroatoms. The van der Waals surface area contributed by atoms with Gasteiger partial charge in [0, 0.05) is 32.7 Å². The predicted molar refractivity (Wildman–Crippen MR) is 74.4 cm³/mol. The summed E-state index contributed by atoms with van der Waals surface area (Å²) in [6.07, 6.45) is 1.47. The number of para-hydroxylation sites is 2. The van der Waals surface area contributed by atoms with Gasteiger partial charge in [-0.25, -0.2) is 0 Å². The van der Waals surface area contributed by atoms with E-state index in [0.29, 0.717) is 6.10 Å². The first-order chi connectivity index (χ1) is 8.93. The van der Waals surface area contributed by atoms with Crippen molar-refractivity contribution in [2.75, 3.05) is 49.5 Å². The number of nitrogens with zero attached hydrogens (tertiary/aromatic N) is 1. The molecule has 2 aliphatic rings. The van der Waals surface area contributed by atoms with Gasteiger partial charge in [0.05, 0.1) is 24.1 Å². The number of morpholine rings is 1. The van der Waals surface area contributed by atoms with Gasteiger partial charge in [-0.15, -0.1) is 0 Å². The Morgan fingerprint density at radius 2 is 2.22 bits per heavy atom. The number of fused-ring (bicyclic) bond motifs is 1. The smallest absolute Gasteiger partial charge is 0.0716 e. The summed E-state index contributed by atoms with van der Waals surface area (Å²) >= 11 is 0. The maximum Gasteiger partial charge on any atom is 0.0716 e. The van der Waals surface area contributed by atoms with Crippen molar-refractivity contribution in [3.8, 4) is 0 Å². The Hall–Kier alpha value is -1.26. The zero-order valence-electron chi connectivity index (χ0n) is 10.7. The Balaban J connectivity index is 1.60. The fourth-order valence-corrected chi connectivity index (χ4v) is 2.68. The first-order valence-electron chi connectivity index (χ1n) is 6.83. The fraction of sp³-hybridized carbons (Fsp3) is 0.571. The number of hydrogen-bond donors (Lipinski definition) is 2. The SMILES string of the molecule is c1ccc2c(c1)NCCN2CCC1CNCCO1. The average Bonchev–Trinajstić information content (AvgIpc) is 2.46. The molecule has 1 aromatic rings. The molecule has 0 saturated carbocycles. The van der Waals surface area contributed by atoms with Crippen LogP contribution >= 0.6 is 0 Å². The van der Waals surface area contributed by atoms with Crippen LogP contribution in [0.5, 0.6) is 0 Å². The quantitative estimate of drug-likeness (QED) is 0.844. The van der Waals surface area contributed by atoms with Crippen LogP contribution < -0.4 is 15.5 Å². The molecule has 1 atom stereocenters. The maximum absolute atomic E-state index is 5.75. The first-order valence-corrected chi connectivity index (χ1v) is 6.83. The molecule has 0 amide bonds. The van der Waals surface area contributed by atoms with Crippen LogP contribution in [0, 0.1) is 0 Å². The van der Waals surface area contributed by atoms with Gasteiger partial charge < -0.3 is 20.3 Å². The lowest BCUT2D eigenvalue weighted by Crippen LogP contribution is -2.42. The summed E-state index contributed by atoms with van der Waals surface area (Å²) in [5.74, 6) is 0. The van der Waals surface area contributed by atoms with Crippen molar-refractivity contribution >= 4 is 11.4 Å². The van der Waals surface area contributed by atoms with Gasteiger partial charge in [-0.05, 0) is 18.6 Å². The highest BCUT2D eigenvalue weighted by molar-refractivity contribution is 5.71. The molecule has 98 valence electrons. The highest BCUT2D eigenvalue weighted by Crippen LogP contribution is 2.28. The Labute approximate surface area is 108 Å². The summed E-state index contributed by atoms with van der Waals surface area (Å²) in [4.78, 5) is 2.46. The molecule has 4 nitrogen and oxygen atoms in total. The number of ether oxygens (including phenoxy) is 1. The fourth-order valence-electron chi connectivity index (χ4n) is 2.68. The zero-order valence-corrected chi connectivity index (χ0v) is 10.7. The van der Waals surface area contributed by atoms with Crippen LogP contribution in [0.3, 0.4) is 0 Å². The molecule has 0 radical (unpaired) electrons. The molecule has 0 aliphatic carbocycles. The van der Waals surface area contributed by atoms with E-state index in [0.717, 1.165) is 45.8 Å². The van der Waals surface area contributed by atoms with Crippen molar-refractivity contribution < 1.29 is 4.74 Å². The first kappa shape index (κ1) is 11.8. The van der Waals surface area contributed by atoms with Crippen LogP contribution in [0.2, 0.25) is 0 Å². The predicted octanol–water partition coefficient (Wildman–Crippen LogP) is 1.30. The number of rotatable bonds is 3.